The van der Waals surface area contributed by atoms with Gasteiger partial charge in [0, 0.05) is 5.56 Å². The second kappa shape index (κ2) is 5.67. The van der Waals surface area contributed by atoms with Crippen LogP contribution < -0.4 is 4.74 Å². The van der Waals surface area contributed by atoms with E-state index in [1.165, 1.54) is 18.2 Å². The zero-order valence-electron chi connectivity index (χ0n) is 10.5. The maximum atomic E-state index is 13.1. The van der Waals surface area contributed by atoms with E-state index in [2.05, 4.69) is 0 Å². The number of hydrogen-bond donors (Lipinski definition) is 0. The van der Waals surface area contributed by atoms with Crippen LogP contribution in [0.25, 0.3) is 0 Å². The van der Waals surface area contributed by atoms with Gasteiger partial charge in [-0.2, -0.15) is 18.4 Å². The predicted molar refractivity (Wildman–Crippen MR) is 68.1 cm³/mol. The second-order valence-corrected chi connectivity index (χ2v) is 4.08. The minimum atomic E-state index is -4.77. The Hall–Kier alpha value is -2.81. The molecule has 0 aromatic heterocycles. The van der Waals surface area contributed by atoms with Crippen LogP contribution >= 0.6 is 0 Å². The smallest absolute Gasteiger partial charge is 0.421 e. The lowest BCUT2D eigenvalue weighted by Crippen LogP contribution is -2.10. The summed E-state index contributed by atoms with van der Waals surface area (Å²) in [6.45, 7) is 0. The number of benzene rings is 2. The summed E-state index contributed by atoms with van der Waals surface area (Å²) in [5.74, 6) is -0.398. The van der Waals surface area contributed by atoms with Gasteiger partial charge in [0.25, 0.3) is 0 Å². The summed E-state index contributed by atoms with van der Waals surface area (Å²) in [5, 5.41) is 8.87. The zero-order chi connectivity index (χ0) is 15.5. The number of nitriles is 1. The lowest BCUT2D eigenvalue weighted by molar-refractivity contribution is -0.138. The lowest BCUT2D eigenvalue weighted by Gasteiger charge is -2.15. The van der Waals surface area contributed by atoms with E-state index in [4.69, 9.17) is 10.00 Å². The summed E-state index contributed by atoms with van der Waals surface area (Å²) in [6, 6.07) is 11.1. The maximum Gasteiger partial charge on any atom is 0.421 e. The number of alkyl halides is 3. The highest BCUT2D eigenvalue weighted by Gasteiger charge is 2.38. The SMILES string of the molecule is N#Cc1cc(C=O)cc(Oc2ccccc2)c1C(F)(F)F. The molecule has 2 aromatic rings. The summed E-state index contributed by atoms with van der Waals surface area (Å²) in [6.07, 6.45) is -4.41. The van der Waals surface area contributed by atoms with Crippen molar-refractivity contribution in [3.63, 3.8) is 0 Å². The Morgan fingerprint density at radius 3 is 2.33 bits per heavy atom. The molecule has 0 aliphatic heterocycles. The highest BCUT2D eigenvalue weighted by atomic mass is 19.4. The first-order chi connectivity index (χ1) is 9.95. The number of ether oxygens (including phenoxy) is 1. The topological polar surface area (TPSA) is 50.1 Å². The van der Waals surface area contributed by atoms with E-state index >= 15 is 0 Å². The van der Waals surface area contributed by atoms with Crippen molar-refractivity contribution in [3.8, 4) is 17.6 Å². The molecule has 0 saturated heterocycles. The fourth-order valence-electron chi connectivity index (χ4n) is 1.78. The molecule has 0 saturated carbocycles. The second-order valence-electron chi connectivity index (χ2n) is 4.08. The van der Waals surface area contributed by atoms with Gasteiger partial charge in [0.2, 0.25) is 0 Å². The molecule has 21 heavy (non-hydrogen) atoms. The van der Waals surface area contributed by atoms with Crippen molar-refractivity contribution in [1.29, 1.82) is 5.26 Å². The minimum Gasteiger partial charge on any atom is -0.457 e. The predicted octanol–water partition coefficient (Wildman–Crippen LogP) is 4.18. The van der Waals surface area contributed by atoms with E-state index in [1.807, 2.05) is 0 Å². The summed E-state index contributed by atoms with van der Waals surface area (Å²) in [5.41, 5.74) is -1.91. The average Bonchev–Trinajstić information content (AvgIpc) is 2.46. The van der Waals surface area contributed by atoms with Crippen molar-refractivity contribution < 1.29 is 22.7 Å². The Bertz CT molecular complexity index is 703. The first-order valence-electron chi connectivity index (χ1n) is 5.79. The normalized spacial score (nSPS) is 10.8. The van der Waals surface area contributed by atoms with Crippen LogP contribution in [0.1, 0.15) is 21.5 Å². The molecule has 3 nitrogen and oxygen atoms in total. The van der Waals surface area contributed by atoms with Gasteiger partial charge in [-0.25, -0.2) is 0 Å². The van der Waals surface area contributed by atoms with E-state index in [-0.39, 0.29) is 11.3 Å². The van der Waals surface area contributed by atoms with Crippen molar-refractivity contribution >= 4 is 6.29 Å². The molecular weight excluding hydrogens is 283 g/mol. The van der Waals surface area contributed by atoms with E-state index < -0.39 is 23.1 Å². The molecule has 0 unspecified atom stereocenters. The van der Waals surface area contributed by atoms with E-state index in [0.29, 0.717) is 6.29 Å². The Balaban J connectivity index is 2.62. The van der Waals surface area contributed by atoms with Crippen LogP contribution in [0.3, 0.4) is 0 Å². The van der Waals surface area contributed by atoms with E-state index in [0.717, 1.165) is 12.1 Å². The number of para-hydroxylation sites is 1. The standard InChI is InChI=1S/C15H8F3NO2/c16-15(17,18)14-11(8-19)6-10(9-20)7-13(14)21-12-4-2-1-3-5-12/h1-7,9H. The highest BCUT2D eigenvalue weighted by Crippen LogP contribution is 2.40. The van der Waals surface area contributed by atoms with Crippen LogP contribution in [0.5, 0.6) is 11.5 Å². The monoisotopic (exact) mass is 291 g/mol. The Morgan fingerprint density at radius 1 is 1.14 bits per heavy atom. The number of carbonyl (C=O) groups is 1. The van der Waals surface area contributed by atoms with Crippen LogP contribution in [-0.2, 0) is 6.18 Å². The first-order valence-corrected chi connectivity index (χ1v) is 5.79. The number of carbonyl (C=O) groups excluding carboxylic acids is 1. The largest absolute Gasteiger partial charge is 0.457 e. The molecule has 0 aliphatic carbocycles. The number of aldehydes is 1. The van der Waals surface area contributed by atoms with Gasteiger partial charge >= 0.3 is 6.18 Å². The van der Waals surface area contributed by atoms with Crippen molar-refractivity contribution in [2.75, 3.05) is 0 Å². The molecule has 0 fully saturated rings. The number of nitrogens with zero attached hydrogens (tertiary/aromatic N) is 1. The summed E-state index contributed by atoms with van der Waals surface area (Å²) < 4.78 is 44.5. The fourth-order valence-corrected chi connectivity index (χ4v) is 1.78. The van der Waals surface area contributed by atoms with Gasteiger partial charge in [-0.05, 0) is 24.3 Å². The fraction of sp³-hybridized carbons (Fsp3) is 0.0667. The summed E-state index contributed by atoms with van der Waals surface area (Å²) in [4.78, 5) is 10.8. The number of rotatable bonds is 3. The quantitative estimate of drug-likeness (QED) is 0.797. The minimum absolute atomic E-state index is 0.0644. The molecule has 0 spiro atoms. The molecule has 0 aliphatic rings. The third-order valence-corrected chi connectivity index (χ3v) is 2.64. The molecule has 2 aromatic carbocycles. The van der Waals surface area contributed by atoms with Crippen LogP contribution in [0.2, 0.25) is 0 Å². The Kier molecular flexibility index (Phi) is 3.94. The van der Waals surface area contributed by atoms with Crippen molar-refractivity contribution in [2.45, 2.75) is 6.18 Å². The maximum absolute atomic E-state index is 13.1. The van der Waals surface area contributed by atoms with Gasteiger partial charge in [0.15, 0.2) is 0 Å². The zero-order valence-corrected chi connectivity index (χ0v) is 10.5. The molecule has 0 amide bonds. The molecule has 0 atom stereocenters. The molecule has 0 heterocycles. The molecule has 0 N–H and O–H groups in total. The third-order valence-electron chi connectivity index (χ3n) is 2.64. The summed E-state index contributed by atoms with van der Waals surface area (Å²) >= 11 is 0. The molecule has 0 bridgehead atoms. The van der Waals surface area contributed by atoms with E-state index in [1.54, 1.807) is 18.2 Å². The van der Waals surface area contributed by atoms with Gasteiger partial charge in [-0.15, -0.1) is 0 Å². The summed E-state index contributed by atoms with van der Waals surface area (Å²) in [7, 11) is 0. The van der Waals surface area contributed by atoms with Gasteiger partial charge in [0.1, 0.15) is 23.3 Å². The average molecular weight is 291 g/mol. The van der Waals surface area contributed by atoms with Gasteiger partial charge in [-0.1, -0.05) is 18.2 Å². The molecule has 2 rings (SSSR count). The molecular formula is C15H8F3NO2. The van der Waals surface area contributed by atoms with Gasteiger partial charge < -0.3 is 4.74 Å². The molecule has 106 valence electrons. The van der Waals surface area contributed by atoms with Crippen LogP contribution in [0.15, 0.2) is 42.5 Å². The number of halogens is 3. The molecule has 0 radical (unpaired) electrons. The van der Waals surface area contributed by atoms with Crippen molar-refractivity contribution in [1.82, 2.24) is 0 Å². The third kappa shape index (κ3) is 3.20. The van der Waals surface area contributed by atoms with Crippen LogP contribution in [0.4, 0.5) is 13.2 Å². The highest BCUT2D eigenvalue weighted by molar-refractivity contribution is 5.77. The van der Waals surface area contributed by atoms with E-state index in [9.17, 15) is 18.0 Å². The van der Waals surface area contributed by atoms with Crippen molar-refractivity contribution in [3.05, 3.63) is 59.2 Å². The van der Waals surface area contributed by atoms with Crippen molar-refractivity contribution in [2.24, 2.45) is 0 Å². The number of hydrogen-bond acceptors (Lipinski definition) is 3. The Morgan fingerprint density at radius 2 is 1.81 bits per heavy atom. The van der Waals surface area contributed by atoms with Gasteiger partial charge in [0.05, 0.1) is 11.6 Å². The molecule has 6 heteroatoms. The van der Waals surface area contributed by atoms with Gasteiger partial charge in [-0.3, -0.25) is 4.79 Å². The van der Waals surface area contributed by atoms with Crippen LogP contribution in [-0.4, -0.2) is 6.29 Å². The lowest BCUT2D eigenvalue weighted by atomic mass is 10.0. The Labute approximate surface area is 118 Å². The van der Waals surface area contributed by atoms with Crippen LogP contribution in [0, 0.1) is 11.3 Å². The first kappa shape index (κ1) is 14.6.